The smallest absolute Gasteiger partial charge is 0.217 e. The molecule has 22 heteroatoms. The molecule has 3 heterocycles. The fourth-order valence-electron chi connectivity index (χ4n) is 5.92. The van der Waals surface area contributed by atoms with Gasteiger partial charge in [-0.25, -0.2) is 0 Å². The number of aldehydes is 1. The first-order valence-corrected chi connectivity index (χ1v) is 14.8. The van der Waals surface area contributed by atoms with Gasteiger partial charge in [-0.15, -0.1) is 0 Å². The maximum atomic E-state index is 12.4. The molecule has 0 spiro atoms. The quantitative estimate of drug-likeness (QED) is 0.0745. The Balaban J connectivity index is 2.09. The summed E-state index contributed by atoms with van der Waals surface area (Å²) < 4.78 is 27.4. The number of rotatable bonds is 14. The Kier molecular flexibility index (Phi) is 14.5. The number of aliphatic hydroxyl groups excluding tert-OH is 13. The van der Waals surface area contributed by atoms with Crippen molar-refractivity contribution in [1.29, 1.82) is 0 Å². The van der Waals surface area contributed by atoms with Gasteiger partial charge in [0.25, 0.3) is 0 Å². The largest absolute Gasteiger partial charge is 0.394 e. The van der Waals surface area contributed by atoms with Crippen LogP contribution in [0.5, 0.6) is 0 Å². The number of carbonyl (C=O) groups is 2. The van der Waals surface area contributed by atoms with Gasteiger partial charge in [0, 0.05) is 6.92 Å². The number of hydrogen-bond donors (Lipinski definition) is 15. The summed E-state index contributed by atoms with van der Waals surface area (Å²) in [6.45, 7) is -3.25. The van der Waals surface area contributed by atoms with Crippen LogP contribution in [0.1, 0.15) is 6.92 Å². The SMILES string of the molecule is CC(=O)N[C@H]1[C@@H](O[C@@H]2O[C@H](CO)[C@H](O)[C@H](O)[C@H]2O)[C@H](O)[C@@H](CO)O[C@H]1[C@@]1(O)[C@@H](O)[C@H](O[C@@H]([C@H](O)[C@@H](O)C=O)[C@H](O)CO)O[C@H](CO)[C@@H]1O. The van der Waals surface area contributed by atoms with Crippen molar-refractivity contribution in [3.05, 3.63) is 0 Å². The number of amides is 1. The number of nitrogens with one attached hydrogen (secondary N) is 1. The maximum absolute atomic E-state index is 12.4. The highest BCUT2D eigenvalue weighted by Gasteiger charge is 2.66. The van der Waals surface area contributed by atoms with Crippen molar-refractivity contribution in [3.63, 3.8) is 0 Å². The monoisotopic (exact) mass is 707 g/mol. The normalized spacial score (nSPS) is 44.7. The Bertz CT molecular complexity index is 1040. The van der Waals surface area contributed by atoms with Crippen LogP contribution in [0.2, 0.25) is 0 Å². The molecule has 3 saturated heterocycles. The molecule has 280 valence electrons. The Labute approximate surface area is 271 Å². The van der Waals surface area contributed by atoms with E-state index in [4.69, 9.17) is 23.7 Å². The highest BCUT2D eigenvalue weighted by Crippen LogP contribution is 2.41. The van der Waals surface area contributed by atoms with Crippen LogP contribution >= 0.6 is 0 Å². The van der Waals surface area contributed by atoms with Gasteiger partial charge in [0.05, 0.1) is 32.5 Å². The molecule has 0 unspecified atom stereocenters. The Morgan fingerprint density at radius 2 is 1.38 bits per heavy atom. The fourth-order valence-corrected chi connectivity index (χ4v) is 5.92. The van der Waals surface area contributed by atoms with E-state index >= 15 is 0 Å². The molecule has 0 aromatic carbocycles. The zero-order valence-electron chi connectivity index (χ0n) is 25.4. The van der Waals surface area contributed by atoms with Crippen molar-refractivity contribution in [2.24, 2.45) is 0 Å². The van der Waals surface area contributed by atoms with Crippen LogP contribution in [-0.4, -0.2) is 226 Å². The number of carbonyl (C=O) groups excluding carboxylic acids is 2. The van der Waals surface area contributed by atoms with E-state index in [1.54, 1.807) is 0 Å². The molecule has 3 fully saturated rings. The van der Waals surface area contributed by atoms with E-state index < -0.39 is 148 Å². The summed E-state index contributed by atoms with van der Waals surface area (Å²) in [5.74, 6) is -0.908. The lowest BCUT2D eigenvalue weighted by Gasteiger charge is -2.56. The maximum Gasteiger partial charge on any atom is 0.217 e. The average Bonchev–Trinajstić information content (AvgIpc) is 3.07. The molecule has 15 N–H and O–H groups in total. The van der Waals surface area contributed by atoms with Crippen molar-refractivity contribution in [2.75, 3.05) is 26.4 Å². The summed E-state index contributed by atoms with van der Waals surface area (Å²) in [6.07, 6.45) is -35.2. The van der Waals surface area contributed by atoms with Gasteiger partial charge in [0.2, 0.25) is 5.91 Å². The summed E-state index contributed by atoms with van der Waals surface area (Å²) >= 11 is 0. The second kappa shape index (κ2) is 17.1. The number of hydrogen-bond acceptors (Lipinski definition) is 21. The summed E-state index contributed by atoms with van der Waals surface area (Å²) in [5.41, 5.74) is -3.20. The first-order valence-electron chi connectivity index (χ1n) is 14.8. The Hall–Kier alpha value is -1.62. The molecule has 22 nitrogen and oxygen atoms in total. The molecule has 0 bridgehead atoms. The molecule has 0 aliphatic carbocycles. The average molecular weight is 708 g/mol. The second-order valence-electron chi connectivity index (χ2n) is 11.8. The van der Waals surface area contributed by atoms with Gasteiger partial charge in [0.15, 0.2) is 24.5 Å². The molecule has 0 saturated carbocycles. The first-order chi connectivity index (χ1) is 22.5. The number of ether oxygens (including phenoxy) is 5. The summed E-state index contributed by atoms with van der Waals surface area (Å²) in [7, 11) is 0. The lowest BCUT2D eigenvalue weighted by molar-refractivity contribution is -0.384. The highest BCUT2D eigenvalue weighted by atomic mass is 16.7. The summed E-state index contributed by atoms with van der Waals surface area (Å²) in [5, 5.41) is 149. The first kappa shape index (κ1) is 40.8. The Morgan fingerprint density at radius 3 is 1.90 bits per heavy atom. The van der Waals surface area contributed by atoms with Crippen LogP contribution in [0.4, 0.5) is 0 Å². The van der Waals surface area contributed by atoms with Gasteiger partial charge in [-0.2, -0.15) is 0 Å². The van der Waals surface area contributed by atoms with Crippen molar-refractivity contribution < 1.29 is 105 Å². The summed E-state index contributed by atoms with van der Waals surface area (Å²) in [6, 6.07) is -1.90. The third-order valence-electron chi connectivity index (χ3n) is 8.59. The predicted molar refractivity (Wildman–Crippen MR) is 147 cm³/mol. The molecular formula is C26H45NO21. The van der Waals surface area contributed by atoms with E-state index in [1.807, 2.05) is 0 Å². The lowest BCUT2D eigenvalue weighted by atomic mass is 9.73. The molecule has 0 aromatic rings. The standard InChI is InChI=1S/C26H45NO21/c1-7(33)27-13-20(48-24-18(40)17(39)15(37)10(4-30)45-24)16(38)11(5-31)44-23(13)26(43)21(41)12(6-32)46-25(22(26)42)47-19(9(35)3-29)14(36)8(34)2-28/h2,8-25,29-32,34-43H,3-6H2,1H3,(H,27,33)/t8-,9+,10+,11+,12+,13-,14+,15-,16+,17-,18+,19+,20+,21-,22-,23+,24-,25-,26-/m0/s1. The van der Waals surface area contributed by atoms with E-state index in [0.717, 1.165) is 6.92 Å². The summed E-state index contributed by atoms with van der Waals surface area (Å²) in [4.78, 5) is 23.5. The van der Waals surface area contributed by atoms with E-state index in [1.165, 1.54) is 0 Å². The second-order valence-corrected chi connectivity index (χ2v) is 11.8. The van der Waals surface area contributed by atoms with E-state index in [-0.39, 0.29) is 6.29 Å². The van der Waals surface area contributed by atoms with Crippen molar-refractivity contribution in [1.82, 2.24) is 5.32 Å². The molecule has 48 heavy (non-hydrogen) atoms. The zero-order valence-corrected chi connectivity index (χ0v) is 25.4. The molecule has 0 radical (unpaired) electrons. The van der Waals surface area contributed by atoms with Crippen LogP contribution in [0.15, 0.2) is 0 Å². The topological polar surface area (TPSA) is 376 Å². The van der Waals surface area contributed by atoms with E-state index in [0.29, 0.717) is 0 Å². The van der Waals surface area contributed by atoms with Crippen LogP contribution in [0, 0.1) is 0 Å². The van der Waals surface area contributed by atoms with Crippen LogP contribution < -0.4 is 5.32 Å². The highest BCUT2D eigenvalue weighted by molar-refractivity contribution is 5.73. The molecule has 19 atom stereocenters. The minimum absolute atomic E-state index is 0.149. The third-order valence-corrected chi connectivity index (χ3v) is 8.59. The lowest BCUT2D eigenvalue weighted by Crippen LogP contribution is -2.80. The zero-order chi connectivity index (χ0) is 36.2. The van der Waals surface area contributed by atoms with Crippen LogP contribution in [0.25, 0.3) is 0 Å². The van der Waals surface area contributed by atoms with Gasteiger partial charge in [0.1, 0.15) is 91.6 Å². The Morgan fingerprint density at radius 1 is 0.812 bits per heavy atom. The molecule has 3 aliphatic rings. The van der Waals surface area contributed by atoms with Gasteiger partial charge in [-0.1, -0.05) is 0 Å². The minimum Gasteiger partial charge on any atom is -0.394 e. The third kappa shape index (κ3) is 7.97. The van der Waals surface area contributed by atoms with Crippen LogP contribution in [0.3, 0.4) is 0 Å². The van der Waals surface area contributed by atoms with Gasteiger partial charge in [-0.3, -0.25) is 4.79 Å². The fraction of sp³-hybridized carbons (Fsp3) is 0.923. The molecule has 0 aromatic heterocycles. The molecule has 1 amide bonds. The van der Waals surface area contributed by atoms with Crippen molar-refractivity contribution in [2.45, 2.75) is 123 Å². The van der Waals surface area contributed by atoms with E-state index in [2.05, 4.69) is 5.32 Å². The van der Waals surface area contributed by atoms with Crippen molar-refractivity contribution >= 4 is 12.2 Å². The number of aliphatic hydroxyl groups is 14. The minimum atomic E-state index is -3.20. The molecule has 3 aliphatic heterocycles. The van der Waals surface area contributed by atoms with Gasteiger partial charge in [-0.05, 0) is 0 Å². The van der Waals surface area contributed by atoms with Gasteiger partial charge >= 0.3 is 0 Å². The van der Waals surface area contributed by atoms with Crippen molar-refractivity contribution in [3.8, 4) is 0 Å². The molecular weight excluding hydrogens is 662 g/mol. The predicted octanol–water partition coefficient (Wildman–Crippen LogP) is -10.4. The van der Waals surface area contributed by atoms with Gasteiger partial charge < -0.3 is 105 Å². The van der Waals surface area contributed by atoms with E-state index in [9.17, 15) is 81.1 Å². The van der Waals surface area contributed by atoms with Crippen LogP contribution in [-0.2, 0) is 33.3 Å². The molecule has 3 rings (SSSR count).